The molecule has 0 unspecified atom stereocenters. The molecule has 3 rings (SSSR count). The van der Waals surface area contributed by atoms with Crippen LogP contribution in [0.4, 0.5) is 5.69 Å². The number of nitro groups is 1. The predicted octanol–water partition coefficient (Wildman–Crippen LogP) is 4.45. The summed E-state index contributed by atoms with van der Waals surface area (Å²) in [5.74, 6) is 0.359. The van der Waals surface area contributed by atoms with Gasteiger partial charge in [0.15, 0.2) is 0 Å². The van der Waals surface area contributed by atoms with Gasteiger partial charge in [0.1, 0.15) is 0 Å². The number of rotatable bonds is 5. The van der Waals surface area contributed by atoms with Gasteiger partial charge in [0.25, 0.3) is 5.69 Å². The summed E-state index contributed by atoms with van der Waals surface area (Å²) in [7, 11) is 0. The zero-order valence-electron chi connectivity index (χ0n) is 14.5. The highest BCUT2D eigenvalue weighted by atomic mass is 16.6. The van der Waals surface area contributed by atoms with E-state index in [0.717, 1.165) is 25.7 Å². The molecule has 1 aliphatic rings. The standard InChI is InChI=1S/C21H22N2O3/c24-21(15-12-18-8-4-5-9-20(18)23(25)26)22-19-13-10-17(11-14-19)16-6-2-1-3-7-16/h1-9,12,15,17,19H,10-11,13-14H2,(H,22,24)/b15-12+. The van der Waals surface area contributed by atoms with Crippen LogP contribution >= 0.6 is 0 Å². The molecule has 0 atom stereocenters. The minimum Gasteiger partial charge on any atom is -0.350 e. The first-order valence-electron chi connectivity index (χ1n) is 8.90. The highest BCUT2D eigenvalue weighted by molar-refractivity contribution is 5.92. The summed E-state index contributed by atoms with van der Waals surface area (Å²) < 4.78 is 0. The van der Waals surface area contributed by atoms with Crippen molar-refractivity contribution in [2.75, 3.05) is 0 Å². The number of carbonyl (C=O) groups is 1. The summed E-state index contributed by atoms with van der Waals surface area (Å²) in [6.45, 7) is 0. The van der Waals surface area contributed by atoms with Gasteiger partial charge in [-0.2, -0.15) is 0 Å². The molecule has 0 heterocycles. The van der Waals surface area contributed by atoms with Gasteiger partial charge in [-0.25, -0.2) is 0 Å². The summed E-state index contributed by atoms with van der Waals surface area (Å²) in [6.07, 6.45) is 6.90. The summed E-state index contributed by atoms with van der Waals surface area (Å²) in [6, 6.07) is 17.0. The van der Waals surface area contributed by atoms with Gasteiger partial charge >= 0.3 is 0 Å². The molecule has 0 saturated heterocycles. The highest BCUT2D eigenvalue weighted by Crippen LogP contribution is 2.32. The third-order valence-corrected chi connectivity index (χ3v) is 4.89. The SMILES string of the molecule is O=C(/C=C/c1ccccc1[N+](=O)[O-])NC1CCC(c2ccccc2)CC1. The molecule has 5 heteroatoms. The molecule has 5 nitrogen and oxygen atoms in total. The van der Waals surface area contributed by atoms with Crippen LogP contribution in [0.15, 0.2) is 60.7 Å². The number of hydrogen-bond donors (Lipinski definition) is 1. The Labute approximate surface area is 152 Å². The fourth-order valence-electron chi connectivity index (χ4n) is 3.51. The van der Waals surface area contributed by atoms with Crippen LogP contribution < -0.4 is 5.32 Å². The number of nitrogens with one attached hydrogen (secondary N) is 1. The number of nitrogens with zero attached hydrogens (tertiary/aromatic N) is 1. The topological polar surface area (TPSA) is 72.2 Å². The Morgan fingerprint density at radius 2 is 1.65 bits per heavy atom. The van der Waals surface area contributed by atoms with Crippen LogP contribution in [0.25, 0.3) is 6.08 Å². The van der Waals surface area contributed by atoms with Crippen molar-refractivity contribution >= 4 is 17.7 Å². The lowest BCUT2D eigenvalue weighted by Gasteiger charge is -2.29. The third-order valence-electron chi connectivity index (χ3n) is 4.89. The van der Waals surface area contributed by atoms with Crippen molar-refractivity contribution in [3.8, 4) is 0 Å². The average molecular weight is 350 g/mol. The molecule has 1 aliphatic carbocycles. The van der Waals surface area contributed by atoms with Gasteiger partial charge < -0.3 is 5.32 Å². The van der Waals surface area contributed by atoms with Gasteiger partial charge in [-0.1, -0.05) is 42.5 Å². The zero-order valence-corrected chi connectivity index (χ0v) is 14.5. The number of benzene rings is 2. The van der Waals surface area contributed by atoms with Crippen LogP contribution in [0.2, 0.25) is 0 Å². The molecular weight excluding hydrogens is 328 g/mol. The predicted molar refractivity (Wildman–Crippen MR) is 102 cm³/mol. The minimum absolute atomic E-state index is 0.0000747. The van der Waals surface area contributed by atoms with Gasteiger partial charge in [-0.15, -0.1) is 0 Å². The van der Waals surface area contributed by atoms with Gasteiger partial charge in [-0.3, -0.25) is 14.9 Å². The van der Waals surface area contributed by atoms with E-state index in [4.69, 9.17) is 0 Å². The van der Waals surface area contributed by atoms with E-state index in [2.05, 4.69) is 29.6 Å². The third kappa shape index (κ3) is 4.57. The Bertz CT molecular complexity index is 794. The molecule has 0 radical (unpaired) electrons. The van der Waals surface area contributed by atoms with Crippen molar-refractivity contribution in [2.24, 2.45) is 0 Å². The summed E-state index contributed by atoms with van der Waals surface area (Å²) in [4.78, 5) is 22.7. The second-order valence-corrected chi connectivity index (χ2v) is 6.62. The Balaban J connectivity index is 1.53. The van der Waals surface area contributed by atoms with E-state index in [1.807, 2.05) is 6.07 Å². The maximum Gasteiger partial charge on any atom is 0.276 e. The first-order chi connectivity index (χ1) is 12.6. The molecule has 1 N–H and O–H groups in total. The quantitative estimate of drug-likeness (QED) is 0.492. The largest absolute Gasteiger partial charge is 0.350 e. The number of amides is 1. The monoisotopic (exact) mass is 350 g/mol. The van der Waals surface area contributed by atoms with E-state index in [1.165, 1.54) is 23.8 Å². The molecule has 1 fully saturated rings. The number of nitro benzene ring substituents is 1. The second-order valence-electron chi connectivity index (χ2n) is 6.62. The summed E-state index contributed by atoms with van der Waals surface area (Å²) in [5, 5.41) is 14.0. The highest BCUT2D eigenvalue weighted by Gasteiger charge is 2.22. The zero-order chi connectivity index (χ0) is 18.4. The van der Waals surface area contributed by atoms with E-state index >= 15 is 0 Å². The van der Waals surface area contributed by atoms with Crippen molar-refractivity contribution in [2.45, 2.75) is 37.6 Å². The average Bonchev–Trinajstić information content (AvgIpc) is 2.68. The molecule has 2 aromatic rings. The summed E-state index contributed by atoms with van der Waals surface area (Å²) in [5.41, 5.74) is 1.80. The number of carbonyl (C=O) groups excluding carboxylic acids is 1. The number of para-hydroxylation sites is 1. The first-order valence-corrected chi connectivity index (χ1v) is 8.90. The van der Waals surface area contributed by atoms with E-state index in [9.17, 15) is 14.9 Å². The van der Waals surface area contributed by atoms with Crippen molar-refractivity contribution in [3.05, 3.63) is 81.9 Å². The van der Waals surface area contributed by atoms with Gasteiger partial charge in [0.2, 0.25) is 5.91 Å². The molecule has 0 aromatic heterocycles. The molecule has 26 heavy (non-hydrogen) atoms. The van der Waals surface area contributed by atoms with Crippen LogP contribution in [-0.4, -0.2) is 16.9 Å². The Morgan fingerprint density at radius 3 is 2.35 bits per heavy atom. The van der Waals surface area contributed by atoms with E-state index in [0.29, 0.717) is 11.5 Å². The molecule has 0 spiro atoms. The molecule has 2 aromatic carbocycles. The fourth-order valence-corrected chi connectivity index (χ4v) is 3.51. The van der Waals surface area contributed by atoms with Gasteiger partial charge in [-0.05, 0) is 49.3 Å². The molecule has 134 valence electrons. The van der Waals surface area contributed by atoms with Crippen LogP contribution in [-0.2, 0) is 4.79 Å². The lowest BCUT2D eigenvalue weighted by Crippen LogP contribution is -2.36. The normalized spacial score (nSPS) is 20.0. The van der Waals surface area contributed by atoms with E-state index < -0.39 is 4.92 Å². The van der Waals surface area contributed by atoms with Crippen molar-refractivity contribution < 1.29 is 9.72 Å². The number of hydrogen-bond acceptors (Lipinski definition) is 3. The van der Waals surface area contributed by atoms with Crippen molar-refractivity contribution in [1.82, 2.24) is 5.32 Å². The van der Waals surface area contributed by atoms with Crippen molar-refractivity contribution in [3.63, 3.8) is 0 Å². The van der Waals surface area contributed by atoms with E-state index in [1.54, 1.807) is 18.2 Å². The smallest absolute Gasteiger partial charge is 0.276 e. The Morgan fingerprint density at radius 1 is 1.00 bits per heavy atom. The second kappa shape index (κ2) is 8.43. The Hall–Kier alpha value is -2.95. The molecule has 0 aliphatic heterocycles. The van der Waals surface area contributed by atoms with Crippen LogP contribution in [0, 0.1) is 10.1 Å². The van der Waals surface area contributed by atoms with Gasteiger partial charge in [0.05, 0.1) is 10.5 Å². The first kappa shape index (κ1) is 17.9. The molecule has 1 saturated carbocycles. The Kier molecular flexibility index (Phi) is 5.79. The van der Waals surface area contributed by atoms with Crippen molar-refractivity contribution in [1.29, 1.82) is 0 Å². The van der Waals surface area contributed by atoms with Gasteiger partial charge in [0, 0.05) is 18.2 Å². The lowest BCUT2D eigenvalue weighted by molar-refractivity contribution is -0.385. The van der Waals surface area contributed by atoms with Crippen LogP contribution in [0.3, 0.4) is 0 Å². The fraction of sp³-hybridized carbons (Fsp3) is 0.286. The lowest BCUT2D eigenvalue weighted by atomic mass is 9.82. The molecule has 1 amide bonds. The van der Waals surface area contributed by atoms with Crippen LogP contribution in [0.1, 0.15) is 42.7 Å². The molecule has 0 bridgehead atoms. The van der Waals surface area contributed by atoms with Crippen LogP contribution in [0.5, 0.6) is 0 Å². The molecular formula is C21H22N2O3. The maximum absolute atomic E-state index is 12.1. The maximum atomic E-state index is 12.1. The minimum atomic E-state index is -0.442. The van der Waals surface area contributed by atoms with E-state index in [-0.39, 0.29) is 17.6 Å². The summed E-state index contributed by atoms with van der Waals surface area (Å²) >= 11 is 0.